The first kappa shape index (κ1) is 14.3. The first-order valence-electron chi connectivity index (χ1n) is 6.18. The predicted octanol–water partition coefficient (Wildman–Crippen LogP) is 4.00. The monoisotopic (exact) mass is 416 g/mol. The third-order valence-electron chi connectivity index (χ3n) is 3.41. The summed E-state index contributed by atoms with van der Waals surface area (Å²) in [7, 11) is 0. The lowest BCUT2D eigenvalue weighted by atomic mass is 10.1. The maximum atomic E-state index is 12.8. The van der Waals surface area contributed by atoms with Crippen molar-refractivity contribution in [1.29, 1.82) is 0 Å². The van der Waals surface area contributed by atoms with Gasteiger partial charge in [-0.15, -0.1) is 0 Å². The third kappa shape index (κ3) is 2.26. The van der Waals surface area contributed by atoms with Gasteiger partial charge in [0.15, 0.2) is 0 Å². The van der Waals surface area contributed by atoms with E-state index < -0.39 is 0 Å². The molecule has 0 amide bonds. The molecule has 0 saturated carbocycles. The zero-order chi connectivity index (χ0) is 14.3. The molecule has 0 radical (unpaired) electrons. The number of nitrogens with one attached hydrogen (secondary N) is 1. The molecule has 0 atom stereocenters. The van der Waals surface area contributed by atoms with Gasteiger partial charge in [0.25, 0.3) is 5.91 Å². The molecule has 1 aliphatic rings. The van der Waals surface area contributed by atoms with Crippen LogP contribution in [0.5, 0.6) is 0 Å². The van der Waals surface area contributed by atoms with Crippen LogP contribution in [0.1, 0.15) is 21.6 Å². The maximum absolute atomic E-state index is 12.8. The number of rotatable bonds is 1. The van der Waals surface area contributed by atoms with E-state index in [2.05, 4.69) is 37.2 Å². The predicted molar refractivity (Wildman–Crippen MR) is 86.4 cm³/mol. The number of carbonyl (C=O) groups excluding carboxylic acids is 1. The highest BCUT2D eigenvalue weighted by atomic mass is 79.9. The molecule has 1 aromatic carbocycles. The Morgan fingerprint density at radius 1 is 1.30 bits per heavy atom. The molecule has 6 heteroatoms. The first-order valence-corrected chi connectivity index (χ1v) is 8.15. The summed E-state index contributed by atoms with van der Waals surface area (Å²) in [6.07, 6.45) is 0.815. The van der Waals surface area contributed by atoms with E-state index in [1.54, 1.807) is 16.7 Å². The van der Waals surface area contributed by atoms with Crippen LogP contribution in [0.2, 0.25) is 5.02 Å². The van der Waals surface area contributed by atoms with E-state index in [-0.39, 0.29) is 5.91 Å². The van der Waals surface area contributed by atoms with Crippen LogP contribution in [0.4, 0.5) is 0 Å². The molecule has 0 saturated heterocycles. The Kier molecular flexibility index (Phi) is 4.04. The average molecular weight is 419 g/mol. The Labute approximate surface area is 138 Å². The quantitative estimate of drug-likeness (QED) is 0.760. The van der Waals surface area contributed by atoms with Crippen LogP contribution < -0.4 is 5.32 Å². The van der Waals surface area contributed by atoms with E-state index in [0.717, 1.165) is 39.8 Å². The van der Waals surface area contributed by atoms with Gasteiger partial charge in [-0.25, -0.2) is 0 Å². The van der Waals surface area contributed by atoms with Crippen molar-refractivity contribution in [3.63, 3.8) is 0 Å². The van der Waals surface area contributed by atoms with Crippen LogP contribution in [-0.2, 0) is 13.0 Å². The number of nitrogens with zero attached hydrogens (tertiary/aromatic N) is 1. The highest BCUT2D eigenvalue weighted by Gasteiger charge is 2.26. The summed E-state index contributed by atoms with van der Waals surface area (Å²) in [6.45, 7) is 1.63. The summed E-state index contributed by atoms with van der Waals surface area (Å²) in [4.78, 5) is 12.8. The Morgan fingerprint density at radius 2 is 2.05 bits per heavy atom. The number of hydrogen-bond donors (Lipinski definition) is 1. The topological polar surface area (TPSA) is 34.0 Å². The van der Waals surface area contributed by atoms with Crippen LogP contribution in [0.25, 0.3) is 0 Å². The molecular weight excluding hydrogens is 407 g/mol. The Balaban J connectivity index is 2.16. The smallest absolute Gasteiger partial charge is 0.264 e. The largest absolute Gasteiger partial charge is 0.312 e. The lowest BCUT2D eigenvalue weighted by molar-refractivity contribution is 0.0954. The fourth-order valence-corrected chi connectivity index (χ4v) is 3.81. The molecule has 1 N–H and O–H groups in total. The van der Waals surface area contributed by atoms with E-state index in [0.29, 0.717) is 10.6 Å². The molecule has 2 heterocycles. The summed E-state index contributed by atoms with van der Waals surface area (Å²) in [5, 5.41) is 3.78. The molecule has 104 valence electrons. The molecule has 1 aliphatic heterocycles. The molecule has 0 spiro atoms. The van der Waals surface area contributed by atoms with Gasteiger partial charge in [-0.2, -0.15) is 0 Å². The van der Waals surface area contributed by atoms with Gasteiger partial charge < -0.3 is 5.32 Å². The fourth-order valence-electron chi connectivity index (χ4n) is 2.43. The van der Waals surface area contributed by atoms with Gasteiger partial charge in [-0.05, 0) is 44.0 Å². The Hall–Kier alpha value is -0.620. The van der Waals surface area contributed by atoms with Gasteiger partial charge in [-0.3, -0.25) is 9.36 Å². The number of hydrogen-bond acceptors (Lipinski definition) is 2. The molecule has 3 rings (SSSR count). The van der Waals surface area contributed by atoms with E-state index in [1.807, 2.05) is 12.1 Å². The molecule has 3 nitrogen and oxygen atoms in total. The van der Waals surface area contributed by atoms with Crippen molar-refractivity contribution in [2.45, 2.75) is 13.0 Å². The number of carbonyl (C=O) groups is 1. The van der Waals surface area contributed by atoms with Gasteiger partial charge in [0.05, 0.1) is 15.1 Å². The Bertz CT molecular complexity index is 697. The average Bonchev–Trinajstić information content (AvgIpc) is 2.71. The minimum atomic E-state index is -0.105. The van der Waals surface area contributed by atoms with Crippen molar-refractivity contribution in [3.05, 3.63) is 55.2 Å². The number of fused-ring (bicyclic) bond motifs is 1. The summed E-state index contributed by atoms with van der Waals surface area (Å²) in [5.74, 6) is -0.105. The molecule has 0 bridgehead atoms. The van der Waals surface area contributed by atoms with Crippen LogP contribution in [0.15, 0.2) is 33.3 Å². The van der Waals surface area contributed by atoms with Gasteiger partial charge >= 0.3 is 0 Å². The maximum Gasteiger partial charge on any atom is 0.264 e. The SMILES string of the molecule is O=C(c1ccccc1Cl)n1c(Br)c(Br)c2c1CCNC2. The van der Waals surface area contributed by atoms with Crippen molar-refractivity contribution >= 4 is 49.4 Å². The molecule has 0 unspecified atom stereocenters. The van der Waals surface area contributed by atoms with E-state index in [9.17, 15) is 4.79 Å². The van der Waals surface area contributed by atoms with Crippen LogP contribution in [0.3, 0.4) is 0 Å². The van der Waals surface area contributed by atoms with E-state index in [4.69, 9.17) is 11.6 Å². The lowest BCUT2D eigenvalue weighted by Gasteiger charge is -2.16. The summed E-state index contributed by atoms with van der Waals surface area (Å²) in [5.41, 5.74) is 2.68. The third-order valence-corrected chi connectivity index (χ3v) is 5.88. The second kappa shape index (κ2) is 5.64. The van der Waals surface area contributed by atoms with Gasteiger partial charge in [0.1, 0.15) is 4.60 Å². The molecule has 2 aromatic rings. The van der Waals surface area contributed by atoms with Crippen LogP contribution in [0, 0.1) is 0 Å². The zero-order valence-electron chi connectivity index (χ0n) is 10.4. The number of halogens is 3. The highest BCUT2D eigenvalue weighted by molar-refractivity contribution is 9.13. The number of benzene rings is 1. The highest BCUT2D eigenvalue weighted by Crippen LogP contribution is 2.35. The van der Waals surface area contributed by atoms with Crippen molar-refractivity contribution < 1.29 is 4.79 Å². The van der Waals surface area contributed by atoms with Gasteiger partial charge in [0, 0.05) is 30.8 Å². The van der Waals surface area contributed by atoms with Gasteiger partial charge in [-0.1, -0.05) is 23.7 Å². The van der Waals surface area contributed by atoms with Gasteiger partial charge in [0.2, 0.25) is 0 Å². The second-order valence-corrected chi connectivity index (χ2v) is 6.53. The van der Waals surface area contributed by atoms with E-state index >= 15 is 0 Å². The molecule has 0 aliphatic carbocycles. The van der Waals surface area contributed by atoms with Crippen molar-refractivity contribution in [2.24, 2.45) is 0 Å². The molecular formula is C14H11Br2ClN2O. The number of aromatic nitrogens is 1. The standard InChI is InChI=1S/C14H11Br2ClN2O/c15-12-9-7-18-6-5-11(9)19(13(12)16)14(20)8-3-1-2-4-10(8)17/h1-4,18H,5-7H2. The minimum Gasteiger partial charge on any atom is -0.312 e. The zero-order valence-corrected chi connectivity index (χ0v) is 14.3. The van der Waals surface area contributed by atoms with E-state index in [1.165, 1.54) is 0 Å². The van der Waals surface area contributed by atoms with Crippen molar-refractivity contribution in [1.82, 2.24) is 9.88 Å². The van der Waals surface area contributed by atoms with Crippen molar-refractivity contribution in [2.75, 3.05) is 6.54 Å². The summed E-state index contributed by atoms with van der Waals surface area (Å²) >= 11 is 13.2. The summed E-state index contributed by atoms with van der Waals surface area (Å²) < 4.78 is 3.39. The normalized spacial score (nSPS) is 14.2. The van der Waals surface area contributed by atoms with Crippen LogP contribution in [-0.4, -0.2) is 17.0 Å². The second-order valence-electron chi connectivity index (χ2n) is 4.58. The fraction of sp³-hybridized carbons (Fsp3) is 0.214. The first-order chi connectivity index (χ1) is 9.61. The van der Waals surface area contributed by atoms with Crippen molar-refractivity contribution in [3.8, 4) is 0 Å². The molecule has 20 heavy (non-hydrogen) atoms. The minimum absolute atomic E-state index is 0.105. The molecule has 0 fully saturated rings. The lowest BCUT2D eigenvalue weighted by Crippen LogP contribution is -2.26. The van der Waals surface area contributed by atoms with Crippen LogP contribution >= 0.6 is 43.5 Å². The Morgan fingerprint density at radius 3 is 2.80 bits per heavy atom. The summed E-state index contributed by atoms with van der Waals surface area (Å²) in [6, 6.07) is 7.12. The molecule has 1 aromatic heterocycles.